The standard InChI is InChI=1S/C17H18N2O/c18-13-5-7-14(8-6-13)20-15-9-10-17(19)16(11-15)12-3-1-2-4-12/h1,3,5-12H,2,4,18-19H2. The quantitative estimate of drug-likeness (QED) is 0.650. The monoisotopic (exact) mass is 266 g/mol. The zero-order valence-electron chi connectivity index (χ0n) is 11.3. The fraction of sp³-hybridized carbons (Fsp3) is 0.176. The summed E-state index contributed by atoms with van der Waals surface area (Å²) in [5.41, 5.74) is 14.4. The minimum absolute atomic E-state index is 0.407. The van der Waals surface area contributed by atoms with Crippen LogP contribution in [0, 0.1) is 0 Å². The van der Waals surface area contributed by atoms with Gasteiger partial charge in [-0.1, -0.05) is 12.2 Å². The van der Waals surface area contributed by atoms with Gasteiger partial charge in [-0.15, -0.1) is 0 Å². The van der Waals surface area contributed by atoms with Crippen molar-refractivity contribution in [2.45, 2.75) is 18.8 Å². The maximum Gasteiger partial charge on any atom is 0.127 e. The second kappa shape index (κ2) is 5.29. The number of ether oxygens (including phenoxy) is 1. The van der Waals surface area contributed by atoms with E-state index in [-0.39, 0.29) is 0 Å². The Morgan fingerprint density at radius 3 is 2.40 bits per heavy atom. The van der Waals surface area contributed by atoms with Crippen molar-refractivity contribution in [2.75, 3.05) is 11.5 Å². The van der Waals surface area contributed by atoms with Crippen LogP contribution < -0.4 is 16.2 Å². The zero-order valence-corrected chi connectivity index (χ0v) is 11.3. The highest BCUT2D eigenvalue weighted by atomic mass is 16.5. The van der Waals surface area contributed by atoms with E-state index < -0.39 is 0 Å². The minimum atomic E-state index is 0.407. The van der Waals surface area contributed by atoms with Crippen molar-refractivity contribution in [2.24, 2.45) is 0 Å². The van der Waals surface area contributed by atoms with Gasteiger partial charge in [0.15, 0.2) is 0 Å². The smallest absolute Gasteiger partial charge is 0.127 e. The Kier molecular flexibility index (Phi) is 3.33. The minimum Gasteiger partial charge on any atom is -0.457 e. The van der Waals surface area contributed by atoms with E-state index in [0.717, 1.165) is 41.3 Å². The lowest BCUT2D eigenvalue weighted by Crippen LogP contribution is -1.99. The number of allylic oxidation sites excluding steroid dienone is 2. The third kappa shape index (κ3) is 2.62. The summed E-state index contributed by atoms with van der Waals surface area (Å²) in [7, 11) is 0. The van der Waals surface area contributed by atoms with Crippen LogP contribution in [0.3, 0.4) is 0 Å². The highest BCUT2D eigenvalue weighted by Gasteiger charge is 2.15. The average Bonchev–Trinajstić information content (AvgIpc) is 2.97. The molecular formula is C17H18N2O. The molecule has 3 nitrogen and oxygen atoms in total. The molecule has 1 aliphatic rings. The molecule has 0 aliphatic heterocycles. The van der Waals surface area contributed by atoms with Gasteiger partial charge in [0.1, 0.15) is 11.5 Å². The molecular weight excluding hydrogens is 248 g/mol. The predicted octanol–water partition coefficient (Wildman–Crippen LogP) is 4.08. The van der Waals surface area contributed by atoms with Crippen LogP contribution in [0.25, 0.3) is 0 Å². The summed E-state index contributed by atoms with van der Waals surface area (Å²) in [5, 5.41) is 0. The topological polar surface area (TPSA) is 61.3 Å². The average molecular weight is 266 g/mol. The van der Waals surface area contributed by atoms with Crippen LogP contribution in [-0.4, -0.2) is 0 Å². The third-order valence-electron chi connectivity index (χ3n) is 3.59. The van der Waals surface area contributed by atoms with Gasteiger partial charge in [-0.3, -0.25) is 0 Å². The van der Waals surface area contributed by atoms with Crippen LogP contribution in [0.5, 0.6) is 11.5 Å². The molecule has 1 unspecified atom stereocenters. The lowest BCUT2D eigenvalue weighted by molar-refractivity contribution is 0.482. The van der Waals surface area contributed by atoms with Gasteiger partial charge in [0.05, 0.1) is 0 Å². The van der Waals surface area contributed by atoms with E-state index in [1.54, 1.807) is 0 Å². The predicted molar refractivity (Wildman–Crippen MR) is 82.9 cm³/mol. The SMILES string of the molecule is Nc1ccc(Oc2ccc(N)c(C3C=CCC3)c2)cc1. The van der Waals surface area contributed by atoms with Crippen molar-refractivity contribution in [1.82, 2.24) is 0 Å². The largest absolute Gasteiger partial charge is 0.457 e. The van der Waals surface area contributed by atoms with Crippen LogP contribution >= 0.6 is 0 Å². The molecule has 0 bridgehead atoms. The molecule has 102 valence electrons. The molecule has 2 aromatic rings. The number of hydrogen-bond acceptors (Lipinski definition) is 3. The fourth-order valence-electron chi connectivity index (χ4n) is 2.50. The van der Waals surface area contributed by atoms with E-state index >= 15 is 0 Å². The van der Waals surface area contributed by atoms with E-state index in [9.17, 15) is 0 Å². The van der Waals surface area contributed by atoms with E-state index in [1.807, 2.05) is 42.5 Å². The molecule has 4 N–H and O–H groups in total. The van der Waals surface area contributed by atoms with Crippen molar-refractivity contribution in [3.63, 3.8) is 0 Å². The van der Waals surface area contributed by atoms with Gasteiger partial charge in [0.25, 0.3) is 0 Å². The van der Waals surface area contributed by atoms with Crippen LogP contribution in [0.1, 0.15) is 24.3 Å². The van der Waals surface area contributed by atoms with Crippen LogP contribution in [0.2, 0.25) is 0 Å². The first-order valence-electron chi connectivity index (χ1n) is 6.82. The van der Waals surface area contributed by atoms with Crippen molar-refractivity contribution < 1.29 is 4.74 Å². The highest BCUT2D eigenvalue weighted by molar-refractivity contribution is 5.54. The lowest BCUT2D eigenvalue weighted by Gasteiger charge is -2.14. The first-order chi connectivity index (χ1) is 9.72. The number of nitrogens with two attached hydrogens (primary N) is 2. The number of anilines is 2. The van der Waals surface area contributed by atoms with Gasteiger partial charge < -0.3 is 16.2 Å². The van der Waals surface area contributed by atoms with Crippen molar-refractivity contribution in [3.8, 4) is 11.5 Å². The van der Waals surface area contributed by atoms with Gasteiger partial charge in [-0.25, -0.2) is 0 Å². The molecule has 0 saturated carbocycles. The first-order valence-corrected chi connectivity index (χ1v) is 6.82. The number of nitrogen functional groups attached to an aromatic ring is 2. The summed E-state index contributed by atoms with van der Waals surface area (Å²) in [5.74, 6) is 1.99. The Balaban J connectivity index is 1.85. The van der Waals surface area contributed by atoms with Crippen molar-refractivity contribution in [1.29, 1.82) is 0 Å². The summed E-state index contributed by atoms with van der Waals surface area (Å²) in [6.07, 6.45) is 6.67. The lowest BCUT2D eigenvalue weighted by atomic mass is 9.97. The van der Waals surface area contributed by atoms with Crippen molar-refractivity contribution >= 4 is 11.4 Å². The molecule has 0 spiro atoms. The molecule has 20 heavy (non-hydrogen) atoms. The van der Waals surface area contributed by atoms with Gasteiger partial charge in [0, 0.05) is 17.3 Å². The van der Waals surface area contributed by atoms with Crippen LogP contribution in [-0.2, 0) is 0 Å². The molecule has 0 radical (unpaired) electrons. The second-order valence-electron chi connectivity index (χ2n) is 5.07. The Morgan fingerprint density at radius 1 is 0.950 bits per heavy atom. The second-order valence-corrected chi connectivity index (χ2v) is 5.07. The van der Waals surface area contributed by atoms with E-state index in [1.165, 1.54) is 0 Å². The molecule has 1 atom stereocenters. The van der Waals surface area contributed by atoms with Gasteiger partial charge in [-0.2, -0.15) is 0 Å². The van der Waals surface area contributed by atoms with Gasteiger partial charge in [0.2, 0.25) is 0 Å². The fourth-order valence-corrected chi connectivity index (χ4v) is 2.50. The molecule has 0 heterocycles. The van der Waals surface area contributed by atoms with Gasteiger partial charge >= 0.3 is 0 Å². The molecule has 1 aliphatic carbocycles. The Hall–Kier alpha value is -2.42. The maximum atomic E-state index is 6.08. The third-order valence-corrected chi connectivity index (χ3v) is 3.59. The van der Waals surface area contributed by atoms with E-state index in [0.29, 0.717) is 5.92 Å². The Bertz CT molecular complexity index is 632. The molecule has 0 aromatic heterocycles. The molecule has 2 aromatic carbocycles. The number of rotatable bonds is 3. The Morgan fingerprint density at radius 2 is 1.70 bits per heavy atom. The summed E-state index contributed by atoms with van der Waals surface area (Å²) in [6.45, 7) is 0. The van der Waals surface area contributed by atoms with Crippen molar-refractivity contribution in [3.05, 3.63) is 60.2 Å². The van der Waals surface area contributed by atoms with E-state index in [4.69, 9.17) is 16.2 Å². The summed E-state index contributed by atoms with van der Waals surface area (Å²) >= 11 is 0. The summed E-state index contributed by atoms with van der Waals surface area (Å²) in [4.78, 5) is 0. The first kappa shape index (κ1) is 12.6. The molecule has 0 amide bonds. The Labute approximate surface area is 118 Å². The molecule has 3 rings (SSSR count). The normalized spacial score (nSPS) is 17.3. The highest BCUT2D eigenvalue weighted by Crippen LogP contribution is 2.35. The number of benzene rings is 2. The van der Waals surface area contributed by atoms with E-state index in [2.05, 4.69) is 12.2 Å². The summed E-state index contributed by atoms with van der Waals surface area (Å²) in [6, 6.07) is 13.2. The van der Waals surface area contributed by atoms with Gasteiger partial charge in [-0.05, 0) is 60.9 Å². The molecule has 0 fully saturated rings. The zero-order chi connectivity index (χ0) is 13.9. The summed E-state index contributed by atoms with van der Waals surface area (Å²) < 4.78 is 5.85. The molecule has 3 heteroatoms. The molecule has 0 saturated heterocycles. The van der Waals surface area contributed by atoms with Crippen LogP contribution in [0.15, 0.2) is 54.6 Å². The maximum absolute atomic E-state index is 6.08. The van der Waals surface area contributed by atoms with Crippen LogP contribution in [0.4, 0.5) is 11.4 Å². The number of hydrogen-bond donors (Lipinski definition) is 2.